The number of fused-ring (bicyclic) bond motifs is 2. The van der Waals surface area contributed by atoms with E-state index in [1.807, 2.05) is 54.5 Å². The molecule has 148 valence electrons. The van der Waals surface area contributed by atoms with Gasteiger partial charge in [-0.15, -0.1) is 0 Å². The van der Waals surface area contributed by atoms with Gasteiger partial charge in [0, 0.05) is 30.7 Å². The summed E-state index contributed by atoms with van der Waals surface area (Å²) in [5.74, 6) is 2.36. The monoisotopic (exact) mass is 399 g/mol. The first-order chi connectivity index (χ1) is 14.7. The van der Waals surface area contributed by atoms with Gasteiger partial charge in [0.1, 0.15) is 35.3 Å². The average molecular weight is 399 g/mol. The van der Waals surface area contributed by atoms with E-state index in [4.69, 9.17) is 4.74 Å². The molecule has 6 nitrogen and oxygen atoms in total. The minimum atomic E-state index is -0.363. The van der Waals surface area contributed by atoms with Crippen LogP contribution in [0, 0.1) is 12.7 Å². The molecule has 0 saturated carbocycles. The molecule has 1 N–H and O–H groups in total. The third kappa shape index (κ3) is 3.41. The summed E-state index contributed by atoms with van der Waals surface area (Å²) < 4.78 is 20.4. The van der Waals surface area contributed by atoms with E-state index in [2.05, 4.69) is 20.3 Å². The second kappa shape index (κ2) is 7.44. The zero-order chi connectivity index (χ0) is 20.5. The molecule has 0 atom stereocenters. The Kier molecular flexibility index (Phi) is 4.48. The Morgan fingerprint density at radius 2 is 2.10 bits per heavy atom. The van der Waals surface area contributed by atoms with E-state index in [-0.39, 0.29) is 5.82 Å². The Labute approximate surface area is 172 Å². The number of rotatable bonds is 4. The highest BCUT2D eigenvalue weighted by Gasteiger charge is 2.15. The van der Waals surface area contributed by atoms with Crippen LogP contribution in [0.25, 0.3) is 10.9 Å². The van der Waals surface area contributed by atoms with E-state index in [9.17, 15) is 4.39 Å². The fraction of sp³-hybridized carbons (Fsp3) is 0.0870. The van der Waals surface area contributed by atoms with Gasteiger partial charge >= 0.3 is 0 Å². The Morgan fingerprint density at radius 1 is 1.17 bits per heavy atom. The van der Waals surface area contributed by atoms with E-state index in [0.717, 1.165) is 29.4 Å². The predicted molar refractivity (Wildman–Crippen MR) is 115 cm³/mol. The van der Waals surface area contributed by atoms with Crippen molar-refractivity contribution >= 4 is 28.2 Å². The van der Waals surface area contributed by atoms with E-state index in [1.165, 1.54) is 12.4 Å². The van der Waals surface area contributed by atoms with Crippen LogP contribution in [0.15, 0.2) is 84.1 Å². The molecule has 0 bridgehead atoms. The third-order valence-electron chi connectivity index (χ3n) is 4.88. The van der Waals surface area contributed by atoms with Crippen molar-refractivity contribution in [2.45, 2.75) is 6.92 Å². The average Bonchev–Trinajstić information content (AvgIpc) is 2.76. The summed E-state index contributed by atoms with van der Waals surface area (Å²) in [5.41, 5.74) is 2.26. The molecule has 1 aromatic heterocycles. The van der Waals surface area contributed by atoms with Gasteiger partial charge in [0.2, 0.25) is 0 Å². The molecule has 0 aliphatic carbocycles. The zero-order valence-electron chi connectivity index (χ0n) is 16.2. The fourth-order valence-corrected chi connectivity index (χ4v) is 3.39. The number of aromatic nitrogens is 2. The molecule has 0 amide bonds. The van der Waals surface area contributed by atoms with Crippen molar-refractivity contribution in [1.82, 2.24) is 14.9 Å². The van der Waals surface area contributed by atoms with Gasteiger partial charge in [-0.3, -0.25) is 0 Å². The molecule has 0 unspecified atom stereocenters. The number of nitrogens with zero attached hydrogens (tertiary/aromatic N) is 4. The van der Waals surface area contributed by atoms with Gasteiger partial charge in [-0.05, 0) is 55.0 Å². The summed E-state index contributed by atoms with van der Waals surface area (Å²) in [5, 5.41) is 3.55. The number of amidine groups is 1. The Hall–Kier alpha value is -4.00. The highest BCUT2D eigenvalue weighted by molar-refractivity contribution is 5.96. The largest absolute Gasteiger partial charge is 0.457 e. The minimum absolute atomic E-state index is 0.363. The van der Waals surface area contributed by atoms with E-state index in [1.54, 1.807) is 18.3 Å². The Balaban J connectivity index is 1.38. The molecule has 2 aliphatic heterocycles. The van der Waals surface area contributed by atoms with Crippen LogP contribution in [0.1, 0.15) is 5.56 Å². The maximum absolute atomic E-state index is 14.3. The smallest absolute Gasteiger partial charge is 0.144 e. The number of aryl methyl sites for hydroxylation is 1. The van der Waals surface area contributed by atoms with Gasteiger partial charge in [0.15, 0.2) is 0 Å². The lowest BCUT2D eigenvalue weighted by Gasteiger charge is -2.24. The number of allylic oxidation sites excluding steroid dienone is 1. The molecular weight excluding hydrogens is 381 g/mol. The molecular formula is C23H18FN5O. The van der Waals surface area contributed by atoms with Crippen molar-refractivity contribution in [2.75, 3.05) is 11.9 Å². The van der Waals surface area contributed by atoms with Crippen LogP contribution >= 0.6 is 0 Å². The first kappa shape index (κ1) is 18.1. The van der Waals surface area contributed by atoms with Gasteiger partial charge in [-0.25, -0.2) is 19.4 Å². The Morgan fingerprint density at radius 3 is 3.00 bits per heavy atom. The van der Waals surface area contributed by atoms with Gasteiger partial charge < -0.3 is 15.0 Å². The van der Waals surface area contributed by atoms with Crippen molar-refractivity contribution < 1.29 is 9.13 Å². The van der Waals surface area contributed by atoms with Crippen molar-refractivity contribution in [1.29, 1.82) is 0 Å². The SMILES string of the molecule is Cc1cc(Nc2ncnc3cccc(F)c23)ccc1OC1=CC2=NC=CCN2C=C1. The minimum Gasteiger partial charge on any atom is -0.457 e. The maximum Gasteiger partial charge on any atom is 0.144 e. The fourth-order valence-electron chi connectivity index (χ4n) is 3.39. The number of anilines is 2. The summed E-state index contributed by atoms with van der Waals surface area (Å²) in [7, 11) is 0. The molecule has 7 heteroatoms. The molecule has 30 heavy (non-hydrogen) atoms. The first-order valence-electron chi connectivity index (χ1n) is 9.51. The number of benzene rings is 2. The van der Waals surface area contributed by atoms with E-state index < -0.39 is 0 Å². The molecule has 5 rings (SSSR count). The van der Waals surface area contributed by atoms with Crippen LogP contribution in [0.2, 0.25) is 0 Å². The van der Waals surface area contributed by atoms with Crippen LogP contribution in [-0.2, 0) is 0 Å². The number of aliphatic imine (C=N–C) groups is 1. The lowest BCUT2D eigenvalue weighted by molar-refractivity contribution is 0.435. The van der Waals surface area contributed by atoms with Crippen LogP contribution in [0.5, 0.6) is 5.75 Å². The highest BCUT2D eigenvalue weighted by atomic mass is 19.1. The number of hydrogen-bond donors (Lipinski definition) is 1. The topological polar surface area (TPSA) is 62.6 Å². The molecule has 2 aromatic carbocycles. The molecule has 0 spiro atoms. The van der Waals surface area contributed by atoms with Crippen molar-refractivity contribution in [2.24, 2.45) is 4.99 Å². The normalized spacial score (nSPS) is 14.9. The van der Waals surface area contributed by atoms with Gasteiger partial charge in [0.05, 0.1) is 10.9 Å². The maximum atomic E-state index is 14.3. The number of nitrogens with one attached hydrogen (secondary N) is 1. The standard InChI is InChI=1S/C23H18FN5O/c1-15-12-16(28-23-22-18(24)4-2-5-19(22)26-14-27-23)6-7-20(15)30-17-8-11-29-10-3-9-25-21(29)13-17/h2-9,11-14H,10H2,1H3,(H,26,27,28). The van der Waals surface area contributed by atoms with Crippen LogP contribution in [0.4, 0.5) is 15.9 Å². The zero-order valence-corrected chi connectivity index (χ0v) is 16.2. The second-order valence-electron chi connectivity index (χ2n) is 6.95. The van der Waals surface area contributed by atoms with Crippen molar-refractivity contribution in [3.05, 3.63) is 90.5 Å². The number of halogens is 1. The number of hydrogen-bond acceptors (Lipinski definition) is 6. The van der Waals surface area contributed by atoms with Crippen molar-refractivity contribution in [3.63, 3.8) is 0 Å². The van der Waals surface area contributed by atoms with Crippen LogP contribution in [0.3, 0.4) is 0 Å². The quantitative estimate of drug-likeness (QED) is 0.680. The summed E-state index contributed by atoms with van der Waals surface area (Å²) in [6.07, 6.45) is 11.0. The van der Waals surface area contributed by atoms with Gasteiger partial charge in [-0.1, -0.05) is 6.07 Å². The van der Waals surface area contributed by atoms with E-state index in [0.29, 0.717) is 22.5 Å². The van der Waals surface area contributed by atoms with Crippen LogP contribution < -0.4 is 10.1 Å². The molecule has 2 aliphatic rings. The highest BCUT2D eigenvalue weighted by Crippen LogP contribution is 2.29. The lowest BCUT2D eigenvalue weighted by atomic mass is 10.1. The molecule has 0 fully saturated rings. The summed E-state index contributed by atoms with van der Waals surface area (Å²) in [6, 6.07) is 10.5. The van der Waals surface area contributed by atoms with E-state index >= 15 is 0 Å². The van der Waals surface area contributed by atoms with Crippen LogP contribution in [-0.4, -0.2) is 27.2 Å². The third-order valence-corrected chi connectivity index (χ3v) is 4.88. The van der Waals surface area contributed by atoms with Crippen molar-refractivity contribution in [3.8, 4) is 5.75 Å². The summed E-state index contributed by atoms with van der Waals surface area (Å²) in [4.78, 5) is 14.7. The van der Waals surface area contributed by atoms with Gasteiger partial charge in [-0.2, -0.15) is 0 Å². The molecule has 3 aromatic rings. The summed E-state index contributed by atoms with van der Waals surface area (Å²) in [6.45, 7) is 2.76. The molecule has 0 saturated heterocycles. The molecule has 3 heterocycles. The predicted octanol–water partition coefficient (Wildman–Crippen LogP) is 4.84. The first-order valence-corrected chi connectivity index (χ1v) is 9.51. The Bertz CT molecular complexity index is 1260. The molecule has 0 radical (unpaired) electrons. The van der Waals surface area contributed by atoms with Gasteiger partial charge in [0.25, 0.3) is 0 Å². The second-order valence-corrected chi connectivity index (χ2v) is 6.95. The number of ether oxygens (including phenoxy) is 1. The summed E-state index contributed by atoms with van der Waals surface area (Å²) >= 11 is 0. The lowest BCUT2D eigenvalue weighted by Crippen LogP contribution is -2.28.